The Labute approximate surface area is 160 Å². The molecule has 146 valence electrons. The number of fused-ring (bicyclic) bond motifs is 3. The molecule has 0 radical (unpaired) electrons. The van der Waals surface area contributed by atoms with Crippen LogP contribution >= 0.6 is 0 Å². The number of aromatic nitrogens is 2. The molecule has 0 amide bonds. The molecular weight excluding hydrogens is 340 g/mol. The maximum Gasteiger partial charge on any atom is 0.259 e. The molecule has 0 saturated heterocycles. The highest BCUT2D eigenvalue weighted by Gasteiger charge is 2.39. The predicted octanol–water partition coefficient (Wildman–Crippen LogP) is 4.17. The van der Waals surface area contributed by atoms with Crippen LogP contribution in [-0.4, -0.2) is 26.9 Å². The summed E-state index contributed by atoms with van der Waals surface area (Å²) in [4.78, 5) is 18.0. The first-order chi connectivity index (χ1) is 12.9. The van der Waals surface area contributed by atoms with Gasteiger partial charge in [0.2, 0.25) is 0 Å². The molecule has 0 aliphatic carbocycles. The van der Waals surface area contributed by atoms with Gasteiger partial charge in [-0.15, -0.1) is 0 Å². The molecule has 1 aliphatic rings. The van der Waals surface area contributed by atoms with Crippen molar-refractivity contribution in [1.29, 1.82) is 0 Å². The number of unbranched alkanes of at least 4 members (excludes halogenated alkanes) is 1. The van der Waals surface area contributed by atoms with Gasteiger partial charge in [0, 0.05) is 31.7 Å². The Bertz CT molecular complexity index is 912. The number of aliphatic hydroxyl groups is 1. The van der Waals surface area contributed by atoms with Crippen LogP contribution < -0.4 is 10.3 Å². The summed E-state index contributed by atoms with van der Waals surface area (Å²) >= 11 is 0. The van der Waals surface area contributed by atoms with Crippen molar-refractivity contribution in [3.63, 3.8) is 0 Å². The fourth-order valence-corrected chi connectivity index (χ4v) is 4.02. The maximum atomic E-state index is 13.5. The Morgan fingerprint density at radius 2 is 2.26 bits per heavy atom. The zero-order chi connectivity index (χ0) is 19.6. The van der Waals surface area contributed by atoms with Crippen LogP contribution in [0.5, 0.6) is 5.75 Å². The molecule has 0 saturated carbocycles. The molecule has 3 rings (SSSR count). The van der Waals surface area contributed by atoms with Crippen LogP contribution in [0, 0.1) is 0 Å². The van der Waals surface area contributed by atoms with E-state index in [1.54, 1.807) is 6.20 Å². The Kier molecular flexibility index (Phi) is 5.70. The van der Waals surface area contributed by atoms with Gasteiger partial charge in [0.15, 0.2) is 0 Å². The summed E-state index contributed by atoms with van der Waals surface area (Å²) in [7, 11) is 0. The molecule has 2 aromatic heterocycles. The largest absolute Gasteiger partial charge is 0.486 e. The second kappa shape index (κ2) is 7.85. The zero-order valence-electron chi connectivity index (χ0n) is 16.8. The van der Waals surface area contributed by atoms with E-state index in [1.165, 1.54) is 5.57 Å². The molecule has 0 fully saturated rings. The van der Waals surface area contributed by atoms with E-state index < -0.39 is 5.60 Å². The van der Waals surface area contributed by atoms with Gasteiger partial charge < -0.3 is 9.84 Å². The van der Waals surface area contributed by atoms with Gasteiger partial charge in [-0.1, -0.05) is 25.0 Å². The first-order valence-electron chi connectivity index (χ1n) is 9.86. The minimum absolute atomic E-state index is 0.00167. The summed E-state index contributed by atoms with van der Waals surface area (Å²) < 4.78 is 8.19. The normalized spacial score (nSPS) is 21.6. The van der Waals surface area contributed by atoms with E-state index in [-0.39, 0.29) is 18.1 Å². The number of aryl methyl sites for hydroxylation is 1. The van der Waals surface area contributed by atoms with E-state index in [0.29, 0.717) is 30.8 Å². The third-order valence-corrected chi connectivity index (χ3v) is 5.29. The van der Waals surface area contributed by atoms with Gasteiger partial charge in [0.1, 0.15) is 17.0 Å². The van der Waals surface area contributed by atoms with Gasteiger partial charge >= 0.3 is 0 Å². The first kappa shape index (κ1) is 19.6. The highest BCUT2D eigenvalue weighted by molar-refractivity contribution is 5.84. The molecule has 0 spiro atoms. The number of rotatable bonds is 6. The van der Waals surface area contributed by atoms with Gasteiger partial charge in [-0.2, -0.15) is 0 Å². The number of hydrogen-bond donors (Lipinski definition) is 1. The highest BCUT2D eigenvalue weighted by atomic mass is 16.5. The van der Waals surface area contributed by atoms with Gasteiger partial charge in [0.05, 0.1) is 10.9 Å². The fourth-order valence-electron chi connectivity index (χ4n) is 4.02. The third kappa shape index (κ3) is 3.79. The Morgan fingerprint density at radius 3 is 2.93 bits per heavy atom. The van der Waals surface area contributed by atoms with Gasteiger partial charge in [0.25, 0.3) is 5.56 Å². The van der Waals surface area contributed by atoms with E-state index in [9.17, 15) is 9.90 Å². The topological polar surface area (TPSA) is 64.4 Å². The number of nitrogens with zero attached hydrogens (tertiary/aromatic N) is 2. The number of hydrogen-bond acceptors (Lipinski definition) is 4. The molecule has 3 heterocycles. The SMILES string of the molecule is CCCCn1c(=O)c2c(c3cccnc31)OC(C)(CCO)CC2C=C(C)C. The molecule has 0 bridgehead atoms. The van der Waals surface area contributed by atoms with E-state index in [0.717, 1.165) is 23.8 Å². The average Bonchev–Trinajstić information content (AvgIpc) is 2.60. The average molecular weight is 370 g/mol. The predicted molar refractivity (Wildman–Crippen MR) is 108 cm³/mol. The van der Waals surface area contributed by atoms with Gasteiger partial charge in [-0.05, 0) is 45.7 Å². The van der Waals surface area contributed by atoms with Crippen LogP contribution in [0.15, 0.2) is 34.8 Å². The lowest BCUT2D eigenvalue weighted by atomic mass is 9.81. The molecular formula is C22H30N2O3. The molecule has 5 heteroatoms. The van der Waals surface area contributed by atoms with Crippen molar-refractivity contribution >= 4 is 11.0 Å². The summed E-state index contributed by atoms with van der Waals surface area (Å²) in [6.07, 6.45) is 7.03. The fraction of sp³-hybridized carbons (Fsp3) is 0.545. The molecule has 2 aromatic rings. The molecule has 0 aromatic carbocycles. The van der Waals surface area contributed by atoms with E-state index in [2.05, 4.69) is 31.8 Å². The summed E-state index contributed by atoms with van der Waals surface area (Å²) in [5.74, 6) is 0.612. The van der Waals surface area contributed by atoms with Crippen LogP contribution in [0.4, 0.5) is 0 Å². The van der Waals surface area contributed by atoms with E-state index >= 15 is 0 Å². The molecule has 2 unspecified atom stereocenters. The maximum absolute atomic E-state index is 13.5. The lowest BCUT2D eigenvalue weighted by Crippen LogP contribution is -2.42. The van der Waals surface area contributed by atoms with Crippen molar-refractivity contribution in [1.82, 2.24) is 9.55 Å². The van der Waals surface area contributed by atoms with Gasteiger partial charge in [-0.25, -0.2) is 4.98 Å². The van der Waals surface area contributed by atoms with Crippen molar-refractivity contribution in [2.75, 3.05) is 6.61 Å². The lowest BCUT2D eigenvalue weighted by Gasteiger charge is -2.39. The summed E-state index contributed by atoms with van der Waals surface area (Å²) in [5, 5.41) is 10.4. The number of aliphatic hydroxyl groups excluding tert-OH is 1. The van der Waals surface area contributed by atoms with Crippen LogP contribution in [0.3, 0.4) is 0 Å². The van der Waals surface area contributed by atoms with Crippen LogP contribution in [0.25, 0.3) is 11.0 Å². The molecule has 1 N–H and O–H groups in total. The van der Waals surface area contributed by atoms with Crippen molar-refractivity contribution < 1.29 is 9.84 Å². The van der Waals surface area contributed by atoms with E-state index in [4.69, 9.17) is 4.74 Å². The number of allylic oxidation sites excluding steroid dienone is 2. The Hall–Kier alpha value is -2.14. The molecule has 5 nitrogen and oxygen atoms in total. The first-order valence-corrected chi connectivity index (χ1v) is 9.86. The molecule has 27 heavy (non-hydrogen) atoms. The van der Waals surface area contributed by atoms with Crippen molar-refractivity contribution in [3.05, 3.63) is 45.9 Å². The molecule has 1 aliphatic heterocycles. The smallest absolute Gasteiger partial charge is 0.259 e. The Morgan fingerprint density at radius 1 is 1.48 bits per heavy atom. The van der Waals surface area contributed by atoms with Crippen LogP contribution in [0.1, 0.15) is 64.9 Å². The van der Waals surface area contributed by atoms with Crippen molar-refractivity contribution in [3.8, 4) is 5.75 Å². The minimum Gasteiger partial charge on any atom is -0.486 e. The monoisotopic (exact) mass is 370 g/mol. The summed E-state index contributed by atoms with van der Waals surface area (Å²) in [5.41, 5.74) is 2.06. The van der Waals surface area contributed by atoms with Crippen molar-refractivity contribution in [2.45, 2.75) is 71.4 Å². The second-order valence-corrected chi connectivity index (χ2v) is 8.01. The van der Waals surface area contributed by atoms with Crippen LogP contribution in [-0.2, 0) is 6.54 Å². The Balaban J connectivity index is 2.31. The quantitative estimate of drug-likeness (QED) is 0.775. The highest BCUT2D eigenvalue weighted by Crippen LogP contribution is 2.44. The summed E-state index contributed by atoms with van der Waals surface area (Å²) in [6, 6.07) is 3.86. The summed E-state index contributed by atoms with van der Waals surface area (Å²) in [6.45, 7) is 8.95. The molecule has 2 atom stereocenters. The standard InChI is InChI=1S/C22H30N2O3/c1-5-6-11-24-20-17(8-7-10-23-20)19-18(21(24)26)16(13-15(2)3)14-22(4,27-19)9-12-25/h7-8,10,13,16,25H,5-6,9,11-12,14H2,1-4H3. The number of pyridine rings is 2. The van der Waals surface area contributed by atoms with Gasteiger partial charge in [-0.3, -0.25) is 9.36 Å². The van der Waals surface area contributed by atoms with E-state index in [1.807, 2.05) is 23.6 Å². The third-order valence-electron chi connectivity index (χ3n) is 5.29. The second-order valence-electron chi connectivity index (χ2n) is 8.01. The number of ether oxygens (including phenoxy) is 1. The van der Waals surface area contributed by atoms with Crippen molar-refractivity contribution in [2.24, 2.45) is 0 Å². The minimum atomic E-state index is -0.511. The zero-order valence-corrected chi connectivity index (χ0v) is 16.8. The lowest BCUT2D eigenvalue weighted by molar-refractivity contribution is 0.0349. The van der Waals surface area contributed by atoms with Crippen LogP contribution in [0.2, 0.25) is 0 Å².